The molecule has 3 nitrogen and oxygen atoms in total. The van der Waals surface area contributed by atoms with Crippen molar-refractivity contribution in [3.63, 3.8) is 0 Å². The number of rotatable bonds is 3. The van der Waals surface area contributed by atoms with Gasteiger partial charge < -0.3 is 10.6 Å². The van der Waals surface area contributed by atoms with E-state index < -0.39 is 0 Å². The summed E-state index contributed by atoms with van der Waals surface area (Å²) in [7, 11) is 0. The first-order chi connectivity index (χ1) is 9.33. The fraction of sp³-hybridized carbons (Fsp3) is 0.562. The van der Waals surface area contributed by atoms with E-state index in [4.69, 9.17) is 0 Å². The first-order valence-electron chi connectivity index (χ1n) is 7.43. The van der Waals surface area contributed by atoms with Gasteiger partial charge in [0.25, 0.3) is 0 Å². The molecule has 0 radical (unpaired) electrons. The highest BCUT2D eigenvalue weighted by molar-refractivity contribution is 5.85. The minimum Gasteiger partial charge on any atom is -0.352 e. The van der Waals surface area contributed by atoms with E-state index in [0.29, 0.717) is 30.3 Å². The highest BCUT2D eigenvalue weighted by Gasteiger charge is 2.56. The van der Waals surface area contributed by atoms with Crippen molar-refractivity contribution in [1.82, 2.24) is 10.6 Å². The van der Waals surface area contributed by atoms with Crippen LogP contribution in [0.25, 0.3) is 0 Å². The molecule has 4 unspecified atom stereocenters. The molecule has 20 heavy (non-hydrogen) atoms. The van der Waals surface area contributed by atoms with Crippen molar-refractivity contribution in [2.45, 2.75) is 43.7 Å². The van der Waals surface area contributed by atoms with Gasteiger partial charge in [-0.2, -0.15) is 0 Å². The Bertz CT molecular complexity index is 513. The first kappa shape index (κ1) is 13.9. The van der Waals surface area contributed by atoms with E-state index in [1.54, 1.807) is 0 Å². The van der Waals surface area contributed by atoms with E-state index in [-0.39, 0.29) is 18.3 Å². The van der Waals surface area contributed by atoms with Gasteiger partial charge in [0, 0.05) is 24.4 Å². The van der Waals surface area contributed by atoms with Gasteiger partial charge in [-0.25, -0.2) is 0 Å². The predicted octanol–water partition coefficient (Wildman–Crippen LogP) is 2.00. The molecule has 2 aliphatic carbocycles. The van der Waals surface area contributed by atoms with Crippen molar-refractivity contribution in [1.29, 1.82) is 0 Å². The average molecular weight is 293 g/mol. The lowest BCUT2D eigenvalue weighted by atomic mass is 10.0. The highest BCUT2D eigenvalue weighted by atomic mass is 35.5. The van der Waals surface area contributed by atoms with Gasteiger partial charge in [0.1, 0.15) is 0 Å². The molecule has 1 saturated heterocycles. The maximum absolute atomic E-state index is 12.0. The molecule has 1 heterocycles. The number of carbonyl (C=O) groups is 1. The molecule has 1 aliphatic heterocycles. The molecule has 4 heteroatoms. The van der Waals surface area contributed by atoms with Gasteiger partial charge >= 0.3 is 0 Å². The molecule has 1 aromatic rings. The predicted molar refractivity (Wildman–Crippen MR) is 81.2 cm³/mol. The summed E-state index contributed by atoms with van der Waals surface area (Å²) >= 11 is 0. The van der Waals surface area contributed by atoms with Crippen LogP contribution in [-0.4, -0.2) is 24.5 Å². The van der Waals surface area contributed by atoms with Crippen LogP contribution in [0.15, 0.2) is 24.3 Å². The number of benzene rings is 1. The van der Waals surface area contributed by atoms with Crippen LogP contribution < -0.4 is 10.6 Å². The van der Waals surface area contributed by atoms with Crippen molar-refractivity contribution in [2.75, 3.05) is 6.54 Å². The normalized spacial score (nSPS) is 33.0. The Labute approximate surface area is 125 Å². The summed E-state index contributed by atoms with van der Waals surface area (Å²) in [6, 6.07) is 9.49. The summed E-state index contributed by atoms with van der Waals surface area (Å²) in [6.07, 6.45) is 4.15. The van der Waals surface area contributed by atoms with Crippen LogP contribution in [0.2, 0.25) is 0 Å². The zero-order chi connectivity index (χ0) is 12.8. The molecule has 4 rings (SSSR count). The molecule has 1 saturated carbocycles. The standard InChI is InChI=1S/C16H20N2O.ClH/c19-14(9-11-5-3-7-17-11)18-16-13-8-10-4-1-2-6-12(10)15(13)16;/h1-2,4,6,11,13,15-17H,3,5,7-9H2,(H,18,19);1H. The van der Waals surface area contributed by atoms with Crippen molar-refractivity contribution in [3.8, 4) is 0 Å². The lowest BCUT2D eigenvalue weighted by Crippen LogP contribution is -2.34. The molecule has 0 aromatic heterocycles. The van der Waals surface area contributed by atoms with Crippen LogP contribution in [0.5, 0.6) is 0 Å². The Morgan fingerprint density at radius 2 is 2.20 bits per heavy atom. The Morgan fingerprint density at radius 1 is 1.35 bits per heavy atom. The summed E-state index contributed by atoms with van der Waals surface area (Å²) in [5, 5.41) is 6.63. The molecule has 1 amide bonds. The lowest BCUT2D eigenvalue weighted by Gasteiger charge is -2.12. The van der Waals surface area contributed by atoms with E-state index >= 15 is 0 Å². The minimum atomic E-state index is 0. The fourth-order valence-corrected chi connectivity index (χ4v) is 3.95. The van der Waals surface area contributed by atoms with Crippen LogP contribution in [0.1, 0.15) is 36.3 Å². The quantitative estimate of drug-likeness (QED) is 0.895. The summed E-state index contributed by atoms with van der Waals surface area (Å²) in [5.41, 5.74) is 2.96. The zero-order valence-corrected chi connectivity index (χ0v) is 12.3. The third-order valence-corrected chi connectivity index (χ3v) is 4.96. The van der Waals surface area contributed by atoms with E-state index in [2.05, 4.69) is 34.9 Å². The van der Waals surface area contributed by atoms with Crippen molar-refractivity contribution in [2.24, 2.45) is 5.92 Å². The van der Waals surface area contributed by atoms with Crippen LogP contribution in [0.4, 0.5) is 0 Å². The van der Waals surface area contributed by atoms with Crippen LogP contribution >= 0.6 is 12.4 Å². The molecular weight excluding hydrogens is 272 g/mol. The molecular formula is C16H21ClN2O. The van der Waals surface area contributed by atoms with Gasteiger partial charge in [0.2, 0.25) is 5.91 Å². The molecule has 0 spiro atoms. The van der Waals surface area contributed by atoms with E-state index in [1.165, 1.54) is 17.5 Å². The van der Waals surface area contributed by atoms with Gasteiger partial charge in [-0.1, -0.05) is 24.3 Å². The van der Waals surface area contributed by atoms with Crippen molar-refractivity contribution < 1.29 is 4.79 Å². The number of nitrogens with one attached hydrogen (secondary N) is 2. The Kier molecular flexibility index (Phi) is 3.74. The van der Waals surface area contributed by atoms with Gasteiger partial charge in [0.15, 0.2) is 0 Å². The molecule has 108 valence electrons. The SMILES string of the molecule is Cl.O=C(CC1CCCN1)NC1C2Cc3ccccc3C21. The van der Waals surface area contributed by atoms with Crippen LogP contribution in [0.3, 0.4) is 0 Å². The lowest BCUT2D eigenvalue weighted by molar-refractivity contribution is -0.121. The maximum atomic E-state index is 12.0. The molecule has 2 fully saturated rings. The number of carbonyl (C=O) groups excluding carboxylic acids is 1. The largest absolute Gasteiger partial charge is 0.352 e. The third-order valence-electron chi connectivity index (χ3n) is 4.96. The van der Waals surface area contributed by atoms with Crippen LogP contribution in [-0.2, 0) is 11.2 Å². The molecule has 4 atom stereocenters. The summed E-state index contributed by atoms with van der Waals surface area (Å²) in [6.45, 7) is 1.07. The molecule has 3 aliphatic rings. The van der Waals surface area contributed by atoms with Gasteiger partial charge in [0.05, 0.1) is 0 Å². The highest BCUT2D eigenvalue weighted by Crippen LogP contribution is 2.56. The van der Waals surface area contributed by atoms with E-state index in [0.717, 1.165) is 19.4 Å². The minimum absolute atomic E-state index is 0. The van der Waals surface area contributed by atoms with E-state index in [9.17, 15) is 4.79 Å². The second kappa shape index (κ2) is 5.38. The number of hydrogen-bond donors (Lipinski definition) is 2. The molecule has 2 N–H and O–H groups in total. The maximum Gasteiger partial charge on any atom is 0.221 e. The Balaban J connectivity index is 0.00000121. The van der Waals surface area contributed by atoms with Crippen molar-refractivity contribution >= 4 is 18.3 Å². The number of halogens is 1. The fourth-order valence-electron chi connectivity index (χ4n) is 3.95. The van der Waals surface area contributed by atoms with Gasteiger partial charge in [-0.15, -0.1) is 12.4 Å². The topological polar surface area (TPSA) is 41.1 Å². The third kappa shape index (κ3) is 2.33. The number of hydrogen-bond acceptors (Lipinski definition) is 2. The zero-order valence-electron chi connectivity index (χ0n) is 11.5. The summed E-state index contributed by atoms with van der Waals surface area (Å²) in [5.74, 6) is 1.49. The number of amides is 1. The van der Waals surface area contributed by atoms with Crippen molar-refractivity contribution in [3.05, 3.63) is 35.4 Å². The smallest absolute Gasteiger partial charge is 0.221 e. The summed E-state index contributed by atoms with van der Waals surface area (Å²) in [4.78, 5) is 12.0. The summed E-state index contributed by atoms with van der Waals surface area (Å²) < 4.78 is 0. The van der Waals surface area contributed by atoms with Gasteiger partial charge in [-0.05, 0) is 42.9 Å². The molecule has 0 bridgehead atoms. The van der Waals surface area contributed by atoms with Gasteiger partial charge in [-0.3, -0.25) is 4.79 Å². The average Bonchev–Trinajstić information content (AvgIpc) is 2.84. The van der Waals surface area contributed by atoms with E-state index in [1.807, 2.05) is 0 Å². The second-order valence-electron chi connectivity index (χ2n) is 6.18. The monoisotopic (exact) mass is 292 g/mol. The molecule has 1 aromatic carbocycles. The Morgan fingerprint density at radius 3 is 3.00 bits per heavy atom. The second-order valence-corrected chi connectivity index (χ2v) is 6.18. The number of fused-ring (bicyclic) bond motifs is 3. The Hall–Kier alpha value is -1.06. The first-order valence-corrected chi connectivity index (χ1v) is 7.43. The van der Waals surface area contributed by atoms with Crippen LogP contribution in [0, 0.1) is 5.92 Å².